The molecule has 1 saturated heterocycles. The van der Waals surface area contributed by atoms with Crippen molar-refractivity contribution >= 4 is 5.91 Å². The molecule has 2 atom stereocenters. The first-order valence-electron chi connectivity index (χ1n) is 6.39. The minimum Gasteiger partial charge on any atom is -0.368 e. The molecule has 1 heterocycles. The van der Waals surface area contributed by atoms with Crippen LogP contribution in [0.15, 0.2) is 0 Å². The number of carbonyl (C=O) groups is 1. The first-order chi connectivity index (χ1) is 7.65. The topological polar surface area (TPSA) is 58.4 Å². The van der Waals surface area contributed by atoms with Crippen molar-refractivity contribution in [2.75, 3.05) is 26.2 Å². The van der Waals surface area contributed by atoms with Gasteiger partial charge in [0.25, 0.3) is 0 Å². The van der Waals surface area contributed by atoms with Crippen LogP contribution in [0, 0.1) is 5.92 Å². The summed E-state index contributed by atoms with van der Waals surface area (Å²) in [4.78, 5) is 13.4. The van der Waals surface area contributed by atoms with Crippen LogP contribution in [0.4, 0.5) is 0 Å². The molecule has 4 heteroatoms. The Hall–Kier alpha value is -0.610. The van der Waals surface area contributed by atoms with E-state index in [4.69, 9.17) is 5.73 Å². The van der Waals surface area contributed by atoms with E-state index in [0.717, 1.165) is 32.6 Å². The third-order valence-corrected chi connectivity index (χ3v) is 3.36. The van der Waals surface area contributed by atoms with Crippen molar-refractivity contribution in [3.8, 4) is 0 Å². The predicted octanol–water partition coefficient (Wildman–Crippen LogP) is 0.572. The average Bonchev–Trinajstić information content (AvgIpc) is 2.29. The van der Waals surface area contributed by atoms with Crippen LogP contribution in [-0.4, -0.2) is 43.0 Å². The molecule has 0 spiro atoms. The third-order valence-electron chi connectivity index (χ3n) is 3.36. The standard InChI is InChI=1S/C12H25N3O/c1-3-7-15(10(2)12(13)16)9-11-5-4-6-14-8-11/h10-11,14H,3-9H2,1-2H3,(H2,13,16). The molecule has 0 aromatic heterocycles. The minimum atomic E-state index is -0.211. The molecule has 0 bridgehead atoms. The Morgan fingerprint density at radius 1 is 1.62 bits per heavy atom. The Morgan fingerprint density at radius 3 is 2.88 bits per heavy atom. The van der Waals surface area contributed by atoms with E-state index in [1.165, 1.54) is 12.8 Å². The van der Waals surface area contributed by atoms with E-state index < -0.39 is 0 Å². The average molecular weight is 227 g/mol. The van der Waals surface area contributed by atoms with Gasteiger partial charge in [0.2, 0.25) is 5.91 Å². The first kappa shape index (κ1) is 13.5. The molecule has 4 nitrogen and oxygen atoms in total. The number of piperidine rings is 1. The molecule has 1 rings (SSSR count). The summed E-state index contributed by atoms with van der Waals surface area (Å²) < 4.78 is 0. The fourth-order valence-corrected chi connectivity index (χ4v) is 2.32. The maximum Gasteiger partial charge on any atom is 0.234 e. The van der Waals surface area contributed by atoms with Crippen molar-refractivity contribution in [1.82, 2.24) is 10.2 Å². The van der Waals surface area contributed by atoms with E-state index >= 15 is 0 Å². The van der Waals surface area contributed by atoms with Crippen molar-refractivity contribution in [1.29, 1.82) is 0 Å². The second-order valence-electron chi connectivity index (χ2n) is 4.79. The van der Waals surface area contributed by atoms with Gasteiger partial charge in [0.1, 0.15) is 0 Å². The summed E-state index contributed by atoms with van der Waals surface area (Å²) in [6.45, 7) is 8.21. The van der Waals surface area contributed by atoms with Gasteiger partial charge in [-0.25, -0.2) is 0 Å². The SMILES string of the molecule is CCCN(CC1CCCNC1)C(C)C(N)=O. The highest BCUT2D eigenvalue weighted by atomic mass is 16.1. The highest BCUT2D eigenvalue weighted by Crippen LogP contribution is 2.13. The van der Waals surface area contributed by atoms with Crippen LogP contribution in [0.5, 0.6) is 0 Å². The lowest BCUT2D eigenvalue weighted by Gasteiger charge is -2.32. The van der Waals surface area contributed by atoms with Crippen molar-refractivity contribution in [3.63, 3.8) is 0 Å². The molecular weight excluding hydrogens is 202 g/mol. The monoisotopic (exact) mass is 227 g/mol. The molecule has 0 radical (unpaired) electrons. The molecular formula is C12H25N3O. The van der Waals surface area contributed by atoms with Gasteiger partial charge >= 0.3 is 0 Å². The summed E-state index contributed by atoms with van der Waals surface area (Å²) in [6.07, 6.45) is 3.58. The highest BCUT2D eigenvalue weighted by Gasteiger charge is 2.22. The number of nitrogens with zero attached hydrogens (tertiary/aromatic N) is 1. The lowest BCUT2D eigenvalue weighted by molar-refractivity contribution is -0.122. The number of hydrogen-bond acceptors (Lipinski definition) is 3. The van der Waals surface area contributed by atoms with Gasteiger partial charge in [-0.05, 0) is 51.7 Å². The van der Waals surface area contributed by atoms with Crippen molar-refractivity contribution in [2.45, 2.75) is 39.2 Å². The lowest BCUT2D eigenvalue weighted by Crippen LogP contribution is -2.47. The molecule has 1 aliphatic rings. The lowest BCUT2D eigenvalue weighted by atomic mass is 9.98. The van der Waals surface area contributed by atoms with E-state index in [-0.39, 0.29) is 11.9 Å². The molecule has 1 fully saturated rings. The van der Waals surface area contributed by atoms with Gasteiger partial charge < -0.3 is 11.1 Å². The fraction of sp³-hybridized carbons (Fsp3) is 0.917. The van der Waals surface area contributed by atoms with Crippen molar-refractivity contribution in [3.05, 3.63) is 0 Å². The molecule has 2 unspecified atom stereocenters. The van der Waals surface area contributed by atoms with Gasteiger partial charge in [-0.3, -0.25) is 9.69 Å². The van der Waals surface area contributed by atoms with Gasteiger partial charge in [-0.1, -0.05) is 6.92 Å². The maximum absolute atomic E-state index is 11.2. The van der Waals surface area contributed by atoms with Gasteiger partial charge in [-0.2, -0.15) is 0 Å². The van der Waals surface area contributed by atoms with E-state index in [0.29, 0.717) is 5.92 Å². The second-order valence-corrected chi connectivity index (χ2v) is 4.79. The zero-order valence-electron chi connectivity index (χ0n) is 10.5. The van der Waals surface area contributed by atoms with Crippen LogP contribution in [0.3, 0.4) is 0 Å². The van der Waals surface area contributed by atoms with Crippen LogP contribution in [0.25, 0.3) is 0 Å². The molecule has 94 valence electrons. The number of rotatable bonds is 6. The Bertz CT molecular complexity index is 214. The number of hydrogen-bond donors (Lipinski definition) is 2. The number of amides is 1. The predicted molar refractivity (Wildman–Crippen MR) is 66.1 cm³/mol. The van der Waals surface area contributed by atoms with Crippen LogP contribution in [-0.2, 0) is 4.79 Å². The smallest absolute Gasteiger partial charge is 0.234 e. The van der Waals surface area contributed by atoms with Gasteiger partial charge in [0.15, 0.2) is 0 Å². The van der Waals surface area contributed by atoms with Crippen molar-refractivity contribution < 1.29 is 4.79 Å². The molecule has 3 N–H and O–H groups in total. The number of carbonyl (C=O) groups excluding carboxylic acids is 1. The zero-order valence-corrected chi connectivity index (χ0v) is 10.5. The van der Waals surface area contributed by atoms with Crippen LogP contribution in [0.2, 0.25) is 0 Å². The maximum atomic E-state index is 11.2. The summed E-state index contributed by atoms with van der Waals surface area (Å²) in [5, 5.41) is 3.41. The Morgan fingerprint density at radius 2 is 2.38 bits per heavy atom. The number of nitrogens with two attached hydrogens (primary N) is 1. The van der Waals surface area contributed by atoms with Crippen LogP contribution >= 0.6 is 0 Å². The van der Waals surface area contributed by atoms with E-state index in [1.807, 2.05) is 6.92 Å². The summed E-state index contributed by atoms with van der Waals surface area (Å²) >= 11 is 0. The Balaban J connectivity index is 2.45. The Labute approximate surface area is 98.6 Å². The van der Waals surface area contributed by atoms with E-state index in [9.17, 15) is 4.79 Å². The van der Waals surface area contributed by atoms with Crippen LogP contribution < -0.4 is 11.1 Å². The first-order valence-corrected chi connectivity index (χ1v) is 6.39. The minimum absolute atomic E-state index is 0.137. The quantitative estimate of drug-likeness (QED) is 0.697. The summed E-state index contributed by atoms with van der Waals surface area (Å²) in [5.41, 5.74) is 5.38. The third kappa shape index (κ3) is 4.10. The zero-order chi connectivity index (χ0) is 12.0. The van der Waals surface area contributed by atoms with Crippen LogP contribution in [0.1, 0.15) is 33.1 Å². The van der Waals surface area contributed by atoms with E-state index in [1.54, 1.807) is 0 Å². The number of nitrogens with one attached hydrogen (secondary N) is 1. The highest BCUT2D eigenvalue weighted by molar-refractivity contribution is 5.79. The normalized spacial score (nSPS) is 23.3. The van der Waals surface area contributed by atoms with Gasteiger partial charge in [0, 0.05) is 6.54 Å². The summed E-state index contributed by atoms with van der Waals surface area (Å²) in [7, 11) is 0. The molecule has 0 aromatic carbocycles. The van der Waals surface area contributed by atoms with Crippen molar-refractivity contribution in [2.24, 2.45) is 11.7 Å². The molecule has 1 aliphatic heterocycles. The van der Waals surface area contributed by atoms with Gasteiger partial charge in [-0.15, -0.1) is 0 Å². The fourth-order valence-electron chi connectivity index (χ4n) is 2.32. The largest absolute Gasteiger partial charge is 0.368 e. The van der Waals surface area contributed by atoms with Gasteiger partial charge in [0.05, 0.1) is 6.04 Å². The Kier molecular flexibility index (Phi) is 5.77. The summed E-state index contributed by atoms with van der Waals surface area (Å²) in [5.74, 6) is 0.458. The summed E-state index contributed by atoms with van der Waals surface area (Å²) in [6, 6.07) is -0.137. The second kappa shape index (κ2) is 6.86. The molecule has 0 saturated carbocycles. The molecule has 0 aliphatic carbocycles. The number of primary amides is 1. The molecule has 0 aromatic rings. The molecule has 1 amide bonds. The molecule has 16 heavy (non-hydrogen) atoms. The van der Waals surface area contributed by atoms with E-state index in [2.05, 4.69) is 17.1 Å².